The molecule has 0 aliphatic rings. The third-order valence-corrected chi connectivity index (χ3v) is 5.37. The number of urea groups is 1. The second kappa shape index (κ2) is 9.01. The predicted molar refractivity (Wildman–Crippen MR) is 106 cm³/mol. The van der Waals surface area contributed by atoms with Crippen molar-refractivity contribution in [3.63, 3.8) is 0 Å². The fourth-order valence-corrected chi connectivity index (χ4v) is 3.65. The Bertz CT molecular complexity index is 996. The van der Waals surface area contributed by atoms with Crippen molar-refractivity contribution in [3.05, 3.63) is 44.7 Å². The monoisotopic (exact) mass is 439 g/mol. The highest BCUT2D eigenvalue weighted by Gasteiger charge is 2.19. The van der Waals surface area contributed by atoms with Gasteiger partial charge in [0, 0.05) is 24.2 Å². The molecule has 0 saturated carbocycles. The van der Waals surface area contributed by atoms with Crippen molar-refractivity contribution in [3.8, 4) is 5.75 Å². The lowest BCUT2D eigenvalue weighted by molar-refractivity contribution is 0.159. The van der Waals surface area contributed by atoms with Crippen LogP contribution in [0, 0.1) is 19.0 Å². The first-order valence-electron chi connectivity index (χ1n) is 8.41. The van der Waals surface area contributed by atoms with Crippen LogP contribution >= 0.6 is 22.7 Å². The summed E-state index contributed by atoms with van der Waals surface area (Å²) in [6.45, 7) is 3.74. The summed E-state index contributed by atoms with van der Waals surface area (Å²) >= 11 is 2.19. The van der Waals surface area contributed by atoms with E-state index in [1.165, 1.54) is 22.3 Å². The minimum atomic E-state index is -0.581. The van der Waals surface area contributed by atoms with Crippen LogP contribution in [0.4, 0.5) is 19.1 Å². The highest BCUT2D eigenvalue weighted by molar-refractivity contribution is 7.14. The number of rotatable bonds is 6. The topological polar surface area (TPSA) is 110 Å². The molecule has 0 aliphatic carbocycles. The molecule has 0 unspecified atom stereocenters. The molecule has 154 valence electrons. The molecule has 0 bridgehead atoms. The van der Waals surface area contributed by atoms with E-state index in [0.29, 0.717) is 32.9 Å². The van der Waals surface area contributed by atoms with Crippen molar-refractivity contribution in [2.75, 3.05) is 12.4 Å². The first kappa shape index (κ1) is 20.7. The summed E-state index contributed by atoms with van der Waals surface area (Å²) < 4.78 is 23.2. The van der Waals surface area contributed by atoms with Gasteiger partial charge in [-0.05, 0) is 19.1 Å². The molecule has 3 rings (SSSR count). The van der Waals surface area contributed by atoms with Crippen molar-refractivity contribution in [2.45, 2.75) is 26.9 Å². The zero-order valence-corrected chi connectivity index (χ0v) is 17.4. The number of nitrogens with one attached hydrogen (secondary N) is 2. The Morgan fingerprint density at radius 2 is 2.14 bits per heavy atom. The molecule has 3 aromatic heterocycles. The lowest BCUT2D eigenvalue weighted by atomic mass is 10.4. The molecule has 12 heteroatoms. The number of hydrogen-bond donors (Lipinski definition) is 2. The summed E-state index contributed by atoms with van der Waals surface area (Å²) in [6, 6.07) is 2.50. The Hall–Kier alpha value is -2.99. The maximum Gasteiger partial charge on any atom is 0.415 e. The Morgan fingerprint density at radius 1 is 1.34 bits per heavy atom. The molecule has 0 aliphatic heterocycles. The smallest absolute Gasteiger partial charge is 0.404 e. The summed E-state index contributed by atoms with van der Waals surface area (Å²) in [5, 5.41) is 10.8. The molecule has 0 atom stereocenters. The van der Waals surface area contributed by atoms with Crippen molar-refractivity contribution in [1.82, 2.24) is 20.4 Å². The van der Waals surface area contributed by atoms with Gasteiger partial charge in [0.2, 0.25) is 0 Å². The van der Waals surface area contributed by atoms with E-state index >= 15 is 0 Å². The number of halogens is 1. The highest BCUT2D eigenvalue weighted by Crippen LogP contribution is 2.23. The summed E-state index contributed by atoms with van der Waals surface area (Å²) in [4.78, 5) is 30.5. The molecule has 3 aromatic rings. The number of aromatic nitrogens is 2. The molecule has 3 amide bonds. The van der Waals surface area contributed by atoms with Crippen molar-refractivity contribution >= 4 is 39.9 Å². The minimum Gasteiger partial charge on any atom is -0.404 e. The van der Waals surface area contributed by atoms with Gasteiger partial charge in [-0.3, -0.25) is 5.32 Å². The van der Waals surface area contributed by atoms with Crippen LogP contribution in [-0.4, -0.2) is 34.2 Å². The minimum absolute atomic E-state index is 0.191. The van der Waals surface area contributed by atoms with Gasteiger partial charge in [0.05, 0.1) is 18.8 Å². The molecule has 3 heterocycles. The quantitative estimate of drug-likeness (QED) is 0.603. The fraction of sp³-hybridized carbons (Fsp3) is 0.294. The van der Waals surface area contributed by atoms with Crippen LogP contribution in [0.15, 0.2) is 22.0 Å². The zero-order chi connectivity index (χ0) is 21.0. The lowest BCUT2D eigenvalue weighted by Crippen LogP contribution is -2.30. The average Bonchev–Trinajstić information content (AvgIpc) is 3.37. The van der Waals surface area contributed by atoms with Gasteiger partial charge < -0.3 is 19.5 Å². The first-order chi connectivity index (χ1) is 13.8. The van der Waals surface area contributed by atoms with Crippen molar-refractivity contribution in [2.24, 2.45) is 0 Å². The van der Waals surface area contributed by atoms with Gasteiger partial charge in [-0.25, -0.2) is 14.6 Å². The number of anilines is 1. The van der Waals surface area contributed by atoms with E-state index in [9.17, 15) is 14.0 Å². The molecule has 29 heavy (non-hydrogen) atoms. The van der Waals surface area contributed by atoms with E-state index in [0.717, 1.165) is 11.3 Å². The third kappa shape index (κ3) is 5.51. The molecular formula is C17H18FN5O4S2. The number of thiazole rings is 1. The van der Waals surface area contributed by atoms with Crippen LogP contribution in [0.3, 0.4) is 0 Å². The van der Waals surface area contributed by atoms with Gasteiger partial charge in [-0.15, -0.1) is 22.7 Å². The Kier molecular flexibility index (Phi) is 6.44. The van der Waals surface area contributed by atoms with Gasteiger partial charge >= 0.3 is 12.1 Å². The molecule has 0 radical (unpaired) electrons. The highest BCUT2D eigenvalue weighted by atomic mass is 32.1. The van der Waals surface area contributed by atoms with Crippen molar-refractivity contribution < 1.29 is 23.2 Å². The average molecular weight is 439 g/mol. The van der Waals surface area contributed by atoms with Gasteiger partial charge in [0.15, 0.2) is 21.8 Å². The van der Waals surface area contributed by atoms with E-state index in [2.05, 4.69) is 20.8 Å². The number of thiophene rings is 1. The lowest BCUT2D eigenvalue weighted by Gasteiger charge is -2.15. The van der Waals surface area contributed by atoms with Gasteiger partial charge in [0.1, 0.15) is 5.69 Å². The summed E-state index contributed by atoms with van der Waals surface area (Å²) in [6.07, 6.45) is -0.581. The fourth-order valence-electron chi connectivity index (χ4n) is 2.29. The molecule has 0 fully saturated rings. The largest absolute Gasteiger partial charge is 0.415 e. The number of amides is 3. The number of carbonyl (C=O) groups is 2. The van der Waals surface area contributed by atoms with Crippen LogP contribution in [-0.2, 0) is 13.1 Å². The number of aryl methyl sites for hydroxylation is 2. The van der Waals surface area contributed by atoms with Crippen LogP contribution in [0.1, 0.15) is 22.0 Å². The van der Waals surface area contributed by atoms with Crippen LogP contribution in [0.25, 0.3) is 0 Å². The Labute approximate surface area is 173 Å². The molecule has 2 N–H and O–H groups in total. The molecule has 0 aromatic carbocycles. The zero-order valence-electron chi connectivity index (χ0n) is 15.8. The maximum absolute atomic E-state index is 12.9. The van der Waals surface area contributed by atoms with E-state index in [1.807, 2.05) is 0 Å². The number of ether oxygens (including phenoxy) is 1. The molecular weight excluding hydrogens is 421 g/mol. The summed E-state index contributed by atoms with van der Waals surface area (Å²) in [7, 11) is 1.57. The van der Waals surface area contributed by atoms with Gasteiger partial charge in [-0.2, -0.15) is 4.39 Å². The second-order valence-electron chi connectivity index (χ2n) is 6.03. The molecule has 9 nitrogen and oxygen atoms in total. The molecule has 0 spiro atoms. The predicted octanol–water partition coefficient (Wildman–Crippen LogP) is 3.90. The summed E-state index contributed by atoms with van der Waals surface area (Å²) in [5.41, 5.74) is 1.07. The maximum atomic E-state index is 12.9. The van der Waals surface area contributed by atoms with Crippen LogP contribution in [0.2, 0.25) is 0 Å². The first-order valence-corrected chi connectivity index (χ1v) is 10.1. The van der Waals surface area contributed by atoms with E-state index in [4.69, 9.17) is 9.26 Å². The van der Waals surface area contributed by atoms with Gasteiger partial charge in [0.25, 0.3) is 0 Å². The Morgan fingerprint density at radius 3 is 2.79 bits per heavy atom. The van der Waals surface area contributed by atoms with Crippen molar-refractivity contribution in [1.29, 1.82) is 0 Å². The summed E-state index contributed by atoms with van der Waals surface area (Å²) in [5.74, 6) is 0.713. The normalized spacial score (nSPS) is 10.6. The second-order valence-corrected chi connectivity index (χ2v) is 8.01. The standard InChI is InChI=1S/C17H18FN5O4S2/c1-9-14(10(2)27-22-9)26-17(25)23(3)7-11-8-28-16(20-11)21-15(24)19-6-12-4-5-13(18)29-12/h4-5,8H,6-7H2,1-3H3,(H2,19,20,21,24). The van der Waals surface area contributed by atoms with Gasteiger partial charge in [-0.1, -0.05) is 5.16 Å². The van der Waals surface area contributed by atoms with E-state index in [1.54, 1.807) is 32.3 Å². The number of hydrogen-bond acceptors (Lipinski definition) is 8. The Balaban J connectivity index is 1.48. The van der Waals surface area contributed by atoms with E-state index in [-0.39, 0.29) is 18.2 Å². The third-order valence-electron chi connectivity index (χ3n) is 3.69. The van der Waals surface area contributed by atoms with Crippen LogP contribution < -0.4 is 15.4 Å². The van der Waals surface area contributed by atoms with E-state index < -0.39 is 12.1 Å². The number of nitrogens with zero attached hydrogens (tertiary/aromatic N) is 3. The molecule has 0 saturated heterocycles. The number of carbonyl (C=O) groups excluding carboxylic acids is 2. The van der Waals surface area contributed by atoms with Crippen LogP contribution in [0.5, 0.6) is 5.75 Å². The SMILES string of the molecule is Cc1noc(C)c1OC(=O)N(C)Cc1csc(NC(=O)NCc2ccc(F)s2)n1.